The highest BCUT2D eigenvalue weighted by Crippen LogP contribution is 1.87. The second-order valence-corrected chi connectivity index (χ2v) is 3.78. The number of carbonyl (C=O) groups is 2. The molecule has 0 heterocycles. The molecule has 0 aromatic rings. The quantitative estimate of drug-likeness (QED) is 0.403. The van der Waals surface area contributed by atoms with E-state index in [9.17, 15) is 9.59 Å². The maximum Gasteiger partial charge on any atom is 0.309 e. The summed E-state index contributed by atoms with van der Waals surface area (Å²) in [6.07, 6.45) is 0.671. The van der Waals surface area contributed by atoms with Crippen LogP contribution in [0.25, 0.3) is 0 Å². The summed E-state index contributed by atoms with van der Waals surface area (Å²) in [6, 6.07) is 0. The molecule has 14 heavy (non-hydrogen) atoms. The zero-order chi connectivity index (χ0) is 11.0. The fourth-order valence-corrected chi connectivity index (χ4v) is 0.860. The van der Waals surface area contributed by atoms with Crippen molar-refractivity contribution in [3.8, 4) is 0 Å². The summed E-state index contributed by atoms with van der Waals surface area (Å²) in [5.41, 5.74) is 0. The minimum absolute atomic E-state index is 0.342. The van der Waals surface area contributed by atoms with E-state index in [0.29, 0.717) is 31.3 Å². The predicted molar refractivity (Wildman–Crippen MR) is 56.2 cm³/mol. The first-order chi connectivity index (χ1) is 6.57. The van der Waals surface area contributed by atoms with E-state index in [-0.39, 0.29) is 0 Å². The van der Waals surface area contributed by atoms with Gasteiger partial charge in [0.25, 0.3) is 0 Å². The third kappa shape index (κ3) is 6.71. The number of carbonyl (C=O) groups excluding carboxylic acids is 2. The number of rotatable bonds is 5. The molecule has 0 aliphatic carbocycles. The lowest BCUT2D eigenvalue weighted by Crippen LogP contribution is -2.41. The highest BCUT2D eigenvalue weighted by molar-refractivity contribution is 6.35. The standard InChI is InChI=1S/C9H17ClN2O2/c1-7(2)6-12-9(14)8(13)11-5-3-4-10/h7H,3-6H2,1-2H3,(H,11,13)(H,12,14). The van der Waals surface area contributed by atoms with Crippen LogP contribution in [0.4, 0.5) is 0 Å². The molecule has 5 heteroatoms. The molecule has 0 aromatic carbocycles. The molecule has 0 rings (SSSR count). The Labute approximate surface area is 89.4 Å². The summed E-state index contributed by atoms with van der Waals surface area (Å²) in [7, 11) is 0. The highest BCUT2D eigenvalue weighted by atomic mass is 35.5. The van der Waals surface area contributed by atoms with Crippen molar-refractivity contribution in [3.05, 3.63) is 0 Å². The van der Waals surface area contributed by atoms with Crippen LogP contribution in [0.15, 0.2) is 0 Å². The molecule has 0 unspecified atom stereocenters. The molecule has 0 radical (unpaired) electrons. The van der Waals surface area contributed by atoms with Crippen molar-refractivity contribution in [2.75, 3.05) is 19.0 Å². The van der Waals surface area contributed by atoms with Gasteiger partial charge in [-0.05, 0) is 12.3 Å². The first-order valence-electron chi connectivity index (χ1n) is 4.70. The molecule has 4 nitrogen and oxygen atoms in total. The van der Waals surface area contributed by atoms with Gasteiger partial charge in [-0.2, -0.15) is 0 Å². The van der Waals surface area contributed by atoms with Crippen LogP contribution >= 0.6 is 11.6 Å². The Kier molecular flexibility index (Phi) is 7.20. The lowest BCUT2D eigenvalue weighted by Gasteiger charge is -2.07. The molecule has 0 aliphatic heterocycles. The Morgan fingerprint density at radius 2 is 1.79 bits per heavy atom. The summed E-state index contributed by atoms with van der Waals surface area (Å²) >= 11 is 5.42. The van der Waals surface area contributed by atoms with Gasteiger partial charge in [0.1, 0.15) is 0 Å². The van der Waals surface area contributed by atoms with Crippen LogP contribution in [-0.2, 0) is 9.59 Å². The average molecular weight is 221 g/mol. The van der Waals surface area contributed by atoms with Crippen LogP contribution in [0.3, 0.4) is 0 Å². The van der Waals surface area contributed by atoms with Crippen molar-refractivity contribution in [3.63, 3.8) is 0 Å². The van der Waals surface area contributed by atoms with Crippen LogP contribution in [0.5, 0.6) is 0 Å². The summed E-state index contributed by atoms with van der Waals surface area (Å²) in [5.74, 6) is -0.341. The van der Waals surface area contributed by atoms with E-state index in [1.807, 2.05) is 13.8 Å². The maximum absolute atomic E-state index is 11.1. The van der Waals surface area contributed by atoms with Gasteiger partial charge in [-0.25, -0.2) is 0 Å². The third-order valence-electron chi connectivity index (χ3n) is 1.47. The van der Waals surface area contributed by atoms with Crippen molar-refractivity contribution in [1.82, 2.24) is 10.6 Å². The molecule has 0 fully saturated rings. The molecule has 0 spiro atoms. The Morgan fingerprint density at radius 1 is 1.21 bits per heavy atom. The third-order valence-corrected chi connectivity index (χ3v) is 1.74. The minimum atomic E-state index is -0.587. The largest absolute Gasteiger partial charge is 0.348 e. The second-order valence-electron chi connectivity index (χ2n) is 3.40. The molecule has 0 saturated heterocycles. The maximum atomic E-state index is 11.1. The van der Waals surface area contributed by atoms with Gasteiger partial charge in [-0.15, -0.1) is 11.6 Å². The number of nitrogens with one attached hydrogen (secondary N) is 2. The second kappa shape index (κ2) is 7.62. The van der Waals surface area contributed by atoms with Crippen molar-refractivity contribution in [2.24, 2.45) is 5.92 Å². The molecule has 0 saturated carbocycles. The summed E-state index contributed by atoms with van der Waals surface area (Å²) in [5, 5.41) is 5.00. The molecule has 2 amide bonds. The zero-order valence-electron chi connectivity index (χ0n) is 8.60. The van der Waals surface area contributed by atoms with Crippen LogP contribution in [0, 0.1) is 5.92 Å². The summed E-state index contributed by atoms with van der Waals surface area (Å²) in [4.78, 5) is 22.1. The minimum Gasteiger partial charge on any atom is -0.348 e. The van der Waals surface area contributed by atoms with E-state index in [4.69, 9.17) is 11.6 Å². The van der Waals surface area contributed by atoms with Crippen LogP contribution in [-0.4, -0.2) is 30.8 Å². The molecular weight excluding hydrogens is 204 g/mol. The Bertz CT molecular complexity index is 195. The van der Waals surface area contributed by atoms with Crippen LogP contribution in [0.1, 0.15) is 20.3 Å². The Morgan fingerprint density at radius 3 is 2.29 bits per heavy atom. The summed E-state index contributed by atoms with van der Waals surface area (Å²) in [6.45, 7) is 4.89. The van der Waals surface area contributed by atoms with E-state index in [1.165, 1.54) is 0 Å². The van der Waals surface area contributed by atoms with E-state index < -0.39 is 11.8 Å². The van der Waals surface area contributed by atoms with Crippen LogP contribution in [0.2, 0.25) is 0 Å². The van der Waals surface area contributed by atoms with Gasteiger partial charge in [0.15, 0.2) is 0 Å². The Hall–Kier alpha value is -0.770. The smallest absolute Gasteiger partial charge is 0.309 e. The topological polar surface area (TPSA) is 58.2 Å². The SMILES string of the molecule is CC(C)CNC(=O)C(=O)NCCCCl. The zero-order valence-corrected chi connectivity index (χ0v) is 9.36. The van der Waals surface area contributed by atoms with Gasteiger partial charge in [0.05, 0.1) is 0 Å². The molecule has 82 valence electrons. The fourth-order valence-electron chi connectivity index (χ4n) is 0.726. The number of hydrogen-bond donors (Lipinski definition) is 2. The number of hydrogen-bond acceptors (Lipinski definition) is 2. The molecule has 0 aromatic heterocycles. The molecule has 2 N–H and O–H groups in total. The average Bonchev–Trinajstić information content (AvgIpc) is 2.14. The first-order valence-corrected chi connectivity index (χ1v) is 5.23. The van der Waals surface area contributed by atoms with Gasteiger partial charge in [-0.3, -0.25) is 9.59 Å². The number of halogens is 1. The predicted octanol–water partition coefficient (Wildman–Crippen LogP) is 0.504. The molecule has 0 atom stereocenters. The summed E-state index contributed by atoms with van der Waals surface area (Å²) < 4.78 is 0. The van der Waals surface area contributed by atoms with Gasteiger partial charge >= 0.3 is 11.8 Å². The van der Waals surface area contributed by atoms with Gasteiger partial charge in [0, 0.05) is 19.0 Å². The lowest BCUT2D eigenvalue weighted by molar-refractivity contribution is -0.139. The van der Waals surface area contributed by atoms with Crippen molar-refractivity contribution in [2.45, 2.75) is 20.3 Å². The molecule has 0 aliphatic rings. The van der Waals surface area contributed by atoms with Gasteiger partial charge in [0.2, 0.25) is 0 Å². The van der Waals surface area contributed by atoms with Gasteiger partial charge in [-0.1, -0.05) is 13.8 Å². The van der Waals surface area contributed by atoms with Crippen LogP contribution < -0.4 is 10.6 Å². The Balaban J connectivity index is 3.60. The van der Waals surface area contributed by atoms with E-state index in [2.05, 4.69) is 10.6 Å². The molecular formula is C9H17ClN2O2. The van der Waals surface area contributed by atoms with Crippen molar-refractivity contribution in [1.29, 1.82) is 0 Å². The van der Waals surface area contributed by atoms with E-state index in [0.717, 1.165) is 0 Å². The van der Waals surface area contributed by atoms with Crippen molar-refractivity contribution >= 4 is 23.4 Å². The lowest BCUT2D eigenvalue weighted by atomic mass is 10.2. The number of alkyl halides is 1. The van der Waals surface area contributed by atoms with Crippen molar-refractivity contribution < 1.29 is 9.59 Å². The number of amides is 2. The normalized spacial score (nSPS) is 10.0. The first kappa shape index (κ1) is 13.2. The molecule has 0 bridgehead atoms. The van der Waals surface area contributed by atoms with E-state index >= 15 is 0 Å². The fraction of sp³-hybridized carbons (Fsp3) is 0.778. The van der Waals surface area contributed by atoms with E-state index in [1.54, 1.807) is 0 Å². The van der Waals surface area contributed by atoms with Gasteiger partial charge < -0.3 is 10.6 Å². The highest BCUT2D eigenvalue weighted by Gasteiger charge is 2.11. The monoisotopic (exact) mass is 220 g/mol.